The molecule has 1 saturated heterocycles. The average Bonchev–Trinajstić information content (AvgIpc) is 2.99. The van der Waals surface area contributed by atoms with Gasteiger partial charge in [-0.3, -0.25) is 4.79 Å². The molecule has 2 aromatic heterocycles. The summed E-state index contributed by atoms with van der Waals surface area (Å²) in [6.45, 7) is 1.30. The monoisotopic (exact) mass is 311 g/mol. The SMILES string of the molecule is O=C(NC1CN(c2ccnc3ccnn23)C1)c1ccccc1F. The maximum absolute atomic E-state index is 13.6. The molecule has 1 aliphatic heterocycles. The molecule has 0 spiro atoms. The van der Waals surface area contributed by atoms with Gasteiger partial charge in [-0.25, -0.2) is 9.37 Å². The Morgan fingerprint density at radius 3 is 2.83 bits per heavy atom. The van der Waals surface area contributed by atoms with Crippen LogP contribution in [0.5, 0.6) is 0 Å². The van der Waals surface area contributed by atoms with Crippen molar-refractivity contribution in [2.45, 2.75) is 6.04 Å². The second kappa shape index (κ2) is 5.35. The molecule has 1 N–H and O–H groups in total. The summed E-state index contributed by atoms with van der Waals surface area (Å²) >= 11 is 0. The first kappa shape index (κ1) is 13.7. The van der Waals surface area contributed by atoms with Crippen LogP contribution in [0, 0.1) is 5.82 Å². The second-order valence-corrected chi connectivity index (χ2v) is 5.46. The summed E-state index contributed by atoms with van der Waals surface area (Å²) in [7, 11) is 0. The molecule has 0 bridgehead atoms. The van der Waals surface area contributed by atoms with Crippen LogP contribution in [0.3, 0.4) is 0 Å². The Balaban J connectivity index is 1.43. The highest BCUT2D eigenvalue weighted by Gasteiger charge is 2.30. The third kappa shape index (κ3) is 2.40. The Morgan fingerprint density at radius 1 is 1.17 bits per heavy atom. The molecule has 7 heteroatoms. The van der Waals surface area contributed by atoms with Gasteiger partial charge in [0, 0.05) is 25.4 Å². The topological polar surface area (TPSA) is 62.5 Å². The lowest BCUT2D eigenvalue weighted by Crippen LogP contribution is -2.60. The van der Waals surface area contributed by atoms with Crippen molar-refractivity contribution in [2.75, 3.05) is 18.0 Å². The van der Waals surface area contributed by atoms with Crippen LogP contribution in [0.25, 0.3) is 5.65 Å². The highest BCUT2D eigenvalue weighted by atomic mass is 19.1. The van der Waals surface area contributed by atoms with Crippen molar-refractivity contribution in [2.24, 2.45) is 0 Å². The number of halogens is 1. The molecule has 0 aliphatic carbocycles. The number of fused-ring (bicyclic) bond motifs is 1. The molecule has 3 aromatic rings. The van der Waals surface area contributed by atoms with Gasteiger partial charge >= 0.3 is 0 Å². The van der Waals surface area contributed by atoms with Gasteiger partial charge in [0.1, 0.15) is 11.6 Å². The minimum Gasteiger partial charge on any atom is -0.352 e. The summed E-state index contributed by atoms with van der Waals surface area (Å²) in [6.07, 6.45) is 3.43. The van der Waals surface area contributed by atoms with E-state index < -0.39 is 5.82 Å². The van der Waals surface area contributed by atoms with Gasteiger partial charge in [-0.15, -0.1) is 0 Å². The van der Waals surface area contributed by atoms with Gasteiger partial charge in [-0.1, -0.05) is 12.1 Å². The quantitative estimate of drug-likeness (QED) is 0.796. The van der Waals surface area contributed by atoms with E-state index in [1.165, 1.54) is 12.1 Å². The van der Waals surface area contributed by atoms with E-state index in [-0.39, 0.29) is 17.5 Å². The zero-order valence-corrected chi connectivity index (χ0v) is 12.2. The fourth-order valence-corrected chi connectivity index (χ4v) is 2.73. The number of hydrogen-bond donors (Lipinski definition) is 1. The largest absolute Gasteiger partial charge is 0.352 e. The van der Waals surface area contributed by atoms with E-state index in [1.807, 2.05) is 12.1 Å². The van der Waals surface area contributed by atoms with Gasteiger partial charge in [-0.05, 0) is 18.2 Å². The van der Waals surface area contributed by atoms with Crippen molar-refractivity contribution in [1.29, 1.82) is 0 Å². The van der Waals surface area contributed by atoms with Gasteiger partial charge in [0.25, 0.3) is 5.91 Å². The molecular weight excluding hydrogens is 297 g/mol. The number of rotatable bonds is 3. The third-order valence-corrected chi connectivity index (χ3v) is 3.93. The van der Waals surface area contributed by atoms with Crippen LogP contribution >= 0.6 is 0 Å². The zero-order valence-electron chi connectivity index (χ0n) is 12.2. The Morgan fingerprint density at radius 2 is 2.00 bits per heavy atom. The number of carbonyl (C=O) groups is 1. The average molecular weight is 311 g/mol. The Hall–Kier alpha value is -2.96. The first-order chi connectivity index (χ1) is 11.2. The molecule has 4 rings (SSSR count). The number of anilines is 1. The van der Waals surface area contributed by atoms with Crippen molar-refractivity contribution in [1.82, 2.24) is 19.9 Å². The van der Waals surface area contributed by atoms with Gasteiger partial charge < -0.3 is 10.2 Å². The molecule has 1 fully saturated rings. The fraction of sp³-hybridized carbons (Fsp3) is 0.188. The van der Waals surface area contributed by atoms with Gasteiger partial charge in [0.05, 0.1) is 17.8 Å². The van der Waals surface area contributed by atoms with Gasteiger partial charge in [0.2, 0.25) is 0 Å². The predicted octanol–water partition coefficient (Wildman–Crippen LogP) is 1.49. The van der Waals surface area contributed by atoms with Gasteiger partial charge in [-0.2, -0.15) is 9.61 Å². The third-order valence-electron chi connectivity index (χ3n) is 3.93. The predicted molar refractivity (Wildman–Crippen MR) is 82.9 cm³/mol. The number of nitrogens with zero attached hydrogens (tertiary/aromatic N) is 4. The van der Waals surface area contributed by atoms with Crippen molar-refractivity contribution in [3.8, 4) is 0 Å². The first-order valence-electron chi connectivity index (χ1n) is 7.31. The summed E-state index contributed by atoms with van der Waals surface area (Å²) in [5.41, 5.74) is 0.852. The molecule has 0 saturated carbocycles. The van der Waals surface area contributed by atoms with E-state index in [2.05, 4.69) is 20.3 Å². The summed E-state index contributed by atoms with van der Waals surface area (Å²) in [4.78, 5) is 18.4. The number of benzene rings is 1. The van der Waals surface area contributed by atoms with Crippen LogP contribution in [0.2, 0.25) is 0 Å². The van der Waals surface area contributed by atoms with E-state index in [1.54, 1.807) is 29.0 Å². The number of amides is 1. The molecule has 23 heavy (non-hydrogen) atoms. The molecule has 6 nitrogen and oxygen atoms in total. The number of nitrogens with one attached hydrogen (secondary N) is 1. The molecule has 1 aliphatic rings. The lowest BCUT2D eigenvalue weighted by molar-refractivity contribution is 0.0926. The maximum atomic E-state index is 13.6. The van der Waals surface area contributed by atoms with E-state index in [0.29, 0.717) is 13.1 Å². The van der Waals surface area contributed by atoms with Crippen LogP contribution in [0.1, 0.15) is 10.4 Å². The highest BCUT2D eigenvalue weighted by molar-refractivity contribution is 5.94. The van der Waals surface area contributed by atoms with Gasteiger partial charge in [0.15, 0.2) is 5.65 Å². The molecule has 0 unspecified atom stereocenters. The molecular formula is C16H14FN5O. The van der Waals surface area contributed by atoms with Crippen LogP contribution in [0.4, 0.5) is 10.2 Å². The smallest absolute Gasteiger partial charge is 0.254 e. The van der Waals surface area contributed by atoms with Crippen LogP contribution in [-0.4, -0.2) is 39.6 Å². The summed E-state index contributed by atoms with van der Waals surface area (Å²) in [5.74, 6) is 0.0386. The molecule has 0 atom stereocenters. The van der Waals surface area contributed by atoms with Crippen LogP contribution in [-0.2, 0) is 0 Å². The number of aromatic nitrogens is 3. The molecule has 1 aromatic carbocycles. The number of carbonyl (C=O) groups excluding carboxylic acids is 1. The van der Waals surface area contributed by atoms with E-state index >= 15 is 0 Å². The lowest BCUT2D eigenvalue weighted by atomic mass is 10.1. The van der Waals surface area contributed by atoms with Crippen molar-refractivity contribution < 1.29 is 9.18 Å². The first-order valence-corrected chi connectivity index (χ1v) is 7.31. The minimum atomic E-state index is -0.506. The standard InChI is InChI=1S/C16H14FN5O/c17-13-4-2-1-3-12(13)16(23)20-11-9-21(10-11)15-6-7-18-14-5-8-19-22(14)15/h1-8,11H,9-10H2,(H,20,23). The van der Waals surface area contributed by atoms with Crippen molar-refractivity contribution >= 4 is 17.4 Å². The second-order valence-electron chi connectivity index (χ2n) is 5.46. The van der Waals surface area contributed by atoms with Crippen molar-refractivity contribution in [3.05, 3.63) is 60.2 Å². The molecule has 116 valence electrons. The maximum Gasteiger partial charge on any atom is 0.254 e. The summed E-state index contributed by atoms with van der Waals surface area (Å²) < 4.78 is 15.4. The van der Waals surface area contributed by atoms with E-state index in [4.69, 9.17) is 0 Å². The highest BCUT2D eigenvalue weighted by Crippen LogP contribution is 2.21. The Labute approximate surface area is 131 Å². The summed E-state index contributed by atoms with van der Waals surface area (Å²) in [5, 5.41) is 7.09. The molecule has 3 heterocycles. The van der Waals surface area contributed by atoms with E-state index in [0.717, 1.165) is 11.5 Å². The van der Waals surface area contributed by atoms with Crippen molar-refractivity contribution in [3.63, 3.8) is 0 Å². The Kier molecular flexibility index (Phi) is 3.18. The molecule has 0 radical (unpaired) electrons. The van der Waals surface area contributed by atoms with Crippen LogP contribution < -0.4 is 10.2 Å². The van der Waals surface area contributed by atoms with Crippen LogP contribution in [0.15, 0.2) is 48.8 Å². The zero-order chi connectivity index (χ0) is 15.8. The Bertz CT molecular complexity index is 872. The normalized spacial score (nSPS) is 14.7. The minimum absolute atomic E-state index is 0.0131. The fourth-order valence-electron chi connectivity index (χ4n) is 2.73. The number of hydrogen-bond acceptors (Lipinski definition) is 4. The summed E-state index contributed by atoms with van der Waals surface area (Å²) in [6, 6.07) is 9.69. The lowest BCUT2D eigenvalue weighted by Gasteiger charge is -2.40. The van der Waals surface area contributed by atoms with E-state index in [9.17, 15) is 9.18 Å². The molecule has 1 amide bonds.